The van der Waals surface area contributed by atoms with Crippen LogP contribution in [0.2, 0.25) is 0 Å². The van der Waals surface area contributed by atoms with Crippen molar-refractivity contribution in [3.05, 3.63) is 35.9 Å². The maximum atomic E-state index is 10.2. The fourth-order valence-electron chi connectivity index (χ4n) is 0.814. The number of rotatable bonds is 2. The molecule has 1 aromatic rings. The Kier molecular flexibility index (Phi) is 2.40. The molecule has 1 radical (unpaired) electrons. The Labute approximate surface area is 65.1 Å². The molecule has 0 spiro atoms. The second-order valence-corrected chi connectivity index (χ2v) is 2.09. The minimum Gasteiger partial charge on any atom is -0.289 e. The zero-order valence-electron chi connectivity index (χ0n) is 5.82. The van der Waals surface area contributed by atoms with E-state index in [9.17, 15) is 4.79 Å². The fraction of sp³-hybridized carbons (Fsp3) is 0.111. The summed E-state index contributed by atoms with van der Waals surface area (Å²) in [5, 5.41) is 8.47. The monoisotopic (exact) mass is 144 g/mol. The zero-order chi connectivity index (χ0) is 8.10. The van der Waals surface area contributed by atoms with Crippen LogP contribution in [0.15, 0.2) is 30.3 Å². The third kappa shape index (κ3) is 1.65. The van der Waals surface area contributed by atoms with Crippen molar-refractivity contribution >= 4 is 6.29 Å². The summed E-state index contributed by atoms with van der Waals surface area (Å²) in [4.78, 5) is 10.2. The summed E-state index contributed by atoms with van der Waals surface area (Å²) in [5.74, 6) is -0.740. The van der Waals surface area contributed by atoms with Gasteiger partial charge in [-0.3, -0.25) is 4.79 Å². The molecule has 1 aromatic carbocycles. The molecule has 2 nitrogen and oxygen atoms in total. The van der Waals surface area contributed by atoms with Gasteiger partial charge in [0, 0.05) is 0 Å². The second kappa shape index (κ2) is 3.52. The molecule has 0 aromatic heterocycles. The van der Waals surface area contributed by atoms with Crippen LogP contribution in [0.25, 0.3) is 0 Å². The molecule has 0 heterocycles. The molecular formula is C9H6NO. The molecule has 0 bridgehead atoms. The molecule has 0 saturated heterocycles. The summed E-state index contributed by atoms with van der Waals surface area (Å²) >= 11 is 0. The average Bonchev–Trinajstić information content (AvgIpc) is 2.09. The Morgan fingerprint density at radius 2 is 1.91 bits per heavy atom. The molecule has 1 atom stereocenters. The van der Waals surface area contributed by atoms with Crippen LogP contribution in [0.5, 0.6) is 0 Å². The Hall–Kier alpha value is -1.62. The number of nitrogens with zero attached hydrogens (tertiary/aromatic N) is 1. The van der Waals surface area contributed by atoms with Gasteiger partial charge in [-0.05, 0) is 5.56 Å². The Morgan fingerprint density at radius 3 is 2.36 bits per heavy atom. The third-order valence-electron chi connectivity index (χ3n) is 1.38. The van der Waals surface area contributed by atoms with E-state index in [0.717, 1.165) is 0 Å². The minimum absolute atomic E-state index is 0.699. The van der Waals surface area contributed by atoms with E-state index >= 15 is 0 Å². The largest absolute Gasteiger partial charge is 0.289 e. The number of hydrogen-bond acceptors (Lipinski definition) is 2. The highest BCUT2D eigenvalue weighted by Gasteiger charge is 2.07. The number of carbonyl (C=O) groups excluding carboxylic acids is 1. The molecule has 1 unspecified atom stereocenters. The number of hydrogen-bond donors (Lipinski definition) is 0. The Balaban J connectivity index is 2.93. The summed E-state index contributed by atoms with van der Waals surface area (Å²) in [6.45, 7) is 0. The summed E-state index contributed by atoms with van der Waals surface area (Å²) in [7, 11) is 0. The predicted molar refractivity (Wildman–Crippen MR) is 40.5 cm³/mol. The van der Waals surface area contributed by atoms with Crippen molar-refractivity contribution in [2.24, 2.45) is 0 Å². The number of nitriles is 1. The molecule has 0 saturated carbocycles. The maximum absolute atomic E-state index is 10.2. The van der Waals surface area contributed by atoms with E-state index in [1.165, 1.54) is 0 Å². The SMILES string of the molecule is N#CC([C]=O)c1ccccc1. The molecule has 0 aliphatic heterocycles. The Bertz CT molecular complexity index is 273. The van der Waals surface area contributed by atoms with E-state index < -0.39 is 5.92 Å². The summed E-state index contributed by atoms with van der Waals surface area (Å²) < 4.78 is 0. The van der Waals surface area contributed by atoms with Crippen LogP contribution in [0.4, 0.5) is 0 Å². The smallest absolute Gasteiger partial charge is 0.221 e. The van der Waals surface area contributed by atoms with Crippen LogP contribution in [-0.4, -0.2) is 6.29 Å². The molecular weight excluding hydrogens is 138 g/mol. The molecule has 53 valence electrons. The highest BCUT2D eigenvalue weighted by atomic mass is 16.1. The van der Waals surface area contributed by atoms with Gasteiger partial charge in [0.25, 0.3) is 0 Å². The lowest BCUT2D eigenvalue weighted by Gasteiger charge is -1.97. The van der Waals surface area contributed by atoms with Crippen molar-refractivity contribution in [3.63, 3.8) is 0 Å². The van der Waals surface area contributed by atoms with Crippen molar-refractivity contribution in [1.82, 2.24) is 0 Å². The van der Waals surface area contributed by atoms with Crippen LogP contribution in [0.3, 0.4) is 0 Å². The van der Waals surface area contributed by atoms with Crippen molar-refractivity contribution in [2.45, 2.75) is 5.92 Å². The molecule has 11 heavy (non-hydrogen) atoms. The molecule has 0 N–H and O–H groups in total. The third-order valence-corrected chi connectivity index (χ3v) is 1.38. The first-order valence-corrected chi connectivity index (χ1v) is 3.20. The van der Waals surface area contributed by atoms with E-state index in [4.69, 9.17) is 5.26 Å². The van der Waals surface area contributed by atoms with Gasteiger partial charge in [-0.15, -0.1) is 0 Å². The van der Waals surface area contributed by atoms with E-state index in [1.54, 1.807) is 30.6 Å². The van der Waals surface area contributed by atoms with Crippen LogP contribution >= 0.6 is 0 Å². The van der Waals surface area contributed by atoms with Gasteiger partial charge >= 0.3 is 0 Å². The maximum Gasteiger partial charge on any atom is 0.221 e. The lowest BCUT2D eigenvalue weighted by Crippen LogP contribution is -1.94. The van der Waals surface area contributed by atoms with Crippen molar-refractivity contribution < 1.29 is 4.79 Å². The number of benzene rings is 1. The van der Waals surface area contributed by atoms with Crippen LogP contribution < -0.4 is 0 Å². The van der Waals surface area contributed by atoms with Gasteiger partial charge in [0.05, 0.1) is 6.07 Å². The normalized spacial score (nSPS) is 11.5. The summed E-state index contributed by atoms with van der Waals surface area (Å²) in [5.41, 5.74) is 0.699. The van der Waals surface area contributed by atoms with Gasteiger partial charge in [0.1, 0.15) is 5.92 Å². The van der Waals surface area contributed by atoms with Gasteiger partial charge in [-0.2, -0.15) is 5.26 Å². The minimum atomic E-state index is -0.740. The van der Waals surface area contributed by atoms with E-state index in [2.05, 4.69) is 0 Å². The summed E-state index contributed by atoms with van der Waals surface area (Å²) in [6.07, 6.45) is 1.66. The molecule has 0 fully saturated rings. The predicted octanol–water partition coefficient (Wildman–Crippen LogP) is 1.40. The zero-order valence-corrected chi connectivity index (χ0v) is 5.82. The summed E-state index contributed by atoms with van der Waals surface area (Å²) in [6, 6.07) is 10.7. The van der Waals surface area contributed by atoms with Crippen LogP contribution in [0, 0.1) is 11.3 Å². The van der Waals surface area contributed by atoms with E-state index in [-0.39, 0.29) is 0 Å². The van der Waals surface area contributed by atoms with Gasteiger partial charge < -0.3 is 0 Å². The first-order valence-electron chi connectivity index (χ1n) is 3.20. The quantitative estimate of drug-likeness (QED) is 0.629. The lowest BCUT2D eigenvalue weighted by molar-refractivity contribution is 0.551. The topological polar surface area (TPSA) is 40.9 Å². The van der Waals surface area contributed by atoms with Gasteiger partial charge in [-0.1, -0.05) is 30.3 Å². The van der Waals surface area contributed by atoms with Crippen molar-refractivity contribution in [1.29, 1.82) is 5.26 Å². The fourth-order valence-corrected chi connectivity index (χ4v) is 0.814. The van der Waals surface area contributed by atoms with E-state index in [0.29, 0.717) is 5.56 Å². The average molecular weight is 144 g/mol. The highest BCUT2D eigenvalue weighted by molar-refractivity contribution is 5.66. The van der Waals surface area contributed by atoms with Crippen molar-refractivity contribution in [2.75, 3.05) is 0 Å². The lowest BCUT2D eigenvalue weighted by atomic mass is 10.0. The van der Waals surface area contributed by atoms with Gasteiger partial charge in [-0.25, -0.2) is 0 Å². The van der Waals surface area contributed by atoms with Crippen LogP contribution in [-0.2, 0) is 4.79 Å². The van der Waals surface area contributed by atoms with E-state index in [1.807, 2.05) is 12.1 Å². The highest BCUT2D eigenvalue weighted by Crippen LogP contribution is 2.10. The molecule has 2 heteroatoms. The molecule has 0 aliphatic carbocycles. The van der Waals surface area contributed by atoms with Crippen molar-refractivity contribution in [3.8, 4) is 6.07 Å². The van der Waals surface area contributed by atoms with Crippen LogP contribution in [0.1, 0.15) is 11.5 Å². The molecule has 1 rings (SSSR count). The first kappa shape index (κ1) is 7.49. The first-order chi connectivity index (χ1) is 5.38. The molecule has 0 aliphatic rings. The Morgan fingerprint density at radius 1 is 1.27 bits per heavy atom. The van der Waals surface area contributed by atoms with Gasteiger partial charge in [0.2, 0.25) is 6.29 Å². The standard InChI is InChI=1S/C9H6NO/c10-6-9(7-11)8-4-2-1-3-5-8/h1-5,9H. The second-order valence-electron chi connectivity index (χ2n) is 2.09. The molecule has 0 amide bonds. The van der Waals surface area contributed by atoms with Gasteiger partial charge in [0.15, 0.2) is 0 Å².